The van der Waals surface area contributed by atoms with Gasteiger partial charge in [-0.15, -0.1) is 11.8 Å². The molecule has 9 heteroatoms. The summed E-state index contributed by atoms with van der Waals surface area (Å²) in [7, 11) is 5.10. The van der Waals surface area contributed by atoms with E-state index in [0.29, 0.717) is 23.0 Å². The number of thioether (sulfide) groups is 1. The van der Waals surface area contributed by atoms with Crippen molar-refractivity contribution in [1.29, 1.82) is 0 Å². The molecule has 0 aliphatic carbocycles. The molecule has 172 valence electrons. The minimum atomic E-state index is -0.444. The van der Waals surface area contributed by atoms with Gasteiger partial charge in [-0.3, -0.25) is 4.79 Å². The van der Waals surface area contributed by atoms with Crippen molar-refractivity contribution in [1.82, 2.24) is 24.3 Å². The second-order valence-electron chi connectivity index (χ2n) is 7.74. The summed E-state index contributed by atoms with van der Waals surface area (Å²) in [4.78, 5) is 22.0. The van der Waals surface area contributed by atoms with E-state index in [9.17, 15) is 4.79 Å². The minimum absolute atomic E-state index is 0.0885. The van der Waals surface area contributed by atoms with Gasteiger partial charge in [-0.25, -0.2) is 9.97 Å². The van der Waals surface area contributed by atoms with Gasteiger partial charge in [0.2, 0.25) is 5.91 Å². The number of pyridine rings is 1. The number of hydrogen-bond donors (Lipinski definition) is 1. The number of ether oxygens (including phenoxy) is 2. The van der Waals surface area contributed by atoms with Crippen molar-refractivity contribution in [3.8, 4) is 11.5 Å². The normalized spacial score (nSPS) is 12.0. The van der Waals surface area contributed by atoms with Gasteiger partial charge in [-0.2, -0.15) is 0 Å². The number of aromatic nitrogens is 4. The summed E-state index contributed by atoms with van der Waals surface area (Å²) in [5.41, 5.74) is 3.85. The Balaban J connectivity index is 1.47. The Labute approximate surface area is 197 Å². The number of fused-ring (bicyclic) bond motifs is 1. The van der Waals surface area contributed by atoms with Crippen LogP contribution >= 0.6 is 11.8 Å². The molecule has 0 spiro atoms. The van der Waals surface area contributed by atoms with E-state index in [1.54, 1.807) is 26.5 Å². The van der Waals surface area contributed by atoms with Gasteiger partial charge in [-0.1, -0.05) is 6.07 Å². The molecule has 0 saturated heterocycles. The van der Waals surface area contributed by atoms with Gasteiger partial charge in [0.15, 0.2) is 0 Å². The van der Waals surface area contributed by atoms with Crippen LogP contribution in [0.25, 0.3) is 5.65 Å². The lowest BCUT2D eigenvalue weighted by atomic mass is 10.0. The number of carbonyl (C=O) groups is 1. The quantitative estimate of drug-likeness (QED) is 0.407. The zero-order valence-electron chi connectivity index (χ0n) is 19.1. The number of hydrogen-bond acceptors (Lipinski definition) is 6. The van der Waals surface area contributed by atoms with Crippen molar-refractivity contribution in [3.05, 3.63) is 77.8 Å². The summed E-state index contributed by atoms with van der Waals surface area (Å²) in [6, 6.07) is 9.16. The first kappa shape index (κ1) is 22.7. The monoisotopic (exact) mass is 465 g/mol. The zero-order valence-corrected chi connectivity index (χ0v) is 19.9. The molecule has 1 atom stereocenters. The molecule has 0 aliphatic rings. The van der Waals surface area contributed by atoms with E-state index in [0.717, 1.165) is 22.7 Å². The Morgan fingerprint density at radius 2 is 1.91 bits per heavy atom. The first-order chi connectivity index (χ1) is 16.0. The maximum atomic E-state index is 12.9. The molecule has 0 aliphatic heterocycles. The van der Waals surface area contributed by atoms with Gasteiger partial charge in [-0.05, 0) is 36.2 Å². The molecule has 0 radical (unpaired) electrons. The number of benzene rings is 1. The largest absolute Gasteiger partial charge is 0.497 e. The highest BCUT2D eigenvalue weighted by atomic mass is 32.2. The average molecular weight is 466 g/mol. The molecule has 1 N–H and O–H groups in total. The van der Waals surface area contributed by atoms with E-state index in [1.165, 1.54) is 17.3 Å². The van der Waals surface area contributed by atoms with Gasteiger partial charge < -0.3 is 23.8 Å². The number of rotatable bonds is 9. The number of imidazole rings is 2. The van der Waals surface area contributed by atoms with Gasteiger partial charge in [0.1, 0.15) is 29.0 Å². The molecular formula is C24H27N5O3S. The fourth-order valence-electron chi connectivity index (χ4n) is 3.62. The van der Waals surface area contributed by atoms with E-state index >= 15 is 0 Å². The maximum absolute atomic E-state index is 12.9. The van der Waals surface area contributed by atoms with Crippen LogP contribution in [0.1, 0.15) is 28.7 Å². The Hall–Kier alpha value is -3.46. The van der Waals surface area contributed by atoms with Crippen LogP contribution in [-0.2, 0) is 17.6 Å². The van der Waals surface area contributed by atoms with Crippen LogP contribution in [0.5, 0.6) is 11.5 Å². The van der Waals surface area contributed by atoms with Crippen molar-refractivity contribution >= 4 is 23.3 Å². The molecule has 3 heterocycles. The fourth-order valence-corrected chi connectivity index (χ4v) is 4.34. The molecule has 3 aromatic heterocycles. The molecule has 0 saturated carbocycles. The first-order valence-electron chi connectivity index (χ1n) is 10.5. The topological polar surface area (TPSA) is 82.7 Å². The molecular weight excluding hydrogens is 438 g/mol. The predicted octanol–water partition coefficient (Wildman–Crippen LogP) is 3.53. The SMILES string of the molecule is COc1cc(OC)cc(C(NC(=O)CSCc2cn3cc(C)ccc3n2)c2nccn2C)c1. The standard InChI is InChI=1S/C24H27N5O3S/c1-16-5-6-21-26-18(13-29(21)12-16)14-33-15-22(30)27-23(24-25-7-8-28(24)2)17-9-19(31-3)11-20(10-17)32-4/h5-13,23H,14-15H2,1-4H3,(H,27,30). The molecule has 0 bridgehead atoms. The molecule has 1 amide bonds. The predicted molar refractivity (Wildman–Crippen MR) is 129 cm³/mol. The lowest BCUT2D eigenvalue weighted by Gasteiger charge is -2.20. The third-order valence-electron chi connectivity index (χ3n) is 5.26. The molecule has 33 heavy (non-hydrogen) atoms. The average Bonchev–Trinajstić information content (AvgIpc) is 3.42. The van der Waals surface area contributed by atoms with Crippen molar-refractivity contribution in [3.63, 3.8) is 0 Å². The van der Waals surface area contributed by atoms with Crippen molar-refractivity contribution in [2.24, 2.45) is 7.05 Å². The van der Waals surface area contributed by atoms with E-state index in [2.05, 4.69) is 15.3 Å². The summed E-state index contributed by atoms with van der Waals surface area (Å²) in [5.74, 6) is 2.88. The summed E-state index contributed by atoms with van der Waals surface area (Å²) in [6.45, 7) is 2.05. The number of aryl methyl sites for hydroxylation is 2. The van der Waals surface area contributed by atoms with Crippen LogP contribution in [0.2, 0.25) is 0 Å². The molecule has 4 rings (SSSR count). The Bertz CT molecular complexity index is 1240. The van der Waals surface area contributed by atoms with E-state index in [1.807, 2.05) is 65.8 Å². The van der Waals surface area contributed by atoms with E-state index in [-0.39, 0.29) is 5.91 Å². The number of amides is 1. The van der Waals surface area contributed by atoms with Crippen LogP contribution < -0.4 is 14.8 Å². The third kappa shape index (κ3) is 5.31. The summed E-state index contributed by atoms with van der Waals surface area (Å²) in [5, 5.41) is 3.12. The highest BCUT2D eigenvalue weighted by Gasteiger charge is 2.22. The van der Waals surface area contributed by atoms with Gasteiger partial charge in [0.25, 0.3) is 0 Å². The molecule has 8 nitrogen and oxygen atoms in total. The smallest absolute Gasteiger partial charge is 0.230 e. The maximum Gasteiger partial charge on any atom is 0.230 e. The third-order valence-corrected chi connectivity index (χ3v) is 6.23. The Morgan fingerprint density at radius 3 is 2.58 bits per heavy atom. The van der Waals surface area contributed by atoms with Crippen LogP contribution in [0.4, 0.5) is 0 Å². The van der Waals surface area contributed by atoms with Gasteiger partial charge in [0.05, 0.1) is 25.7 Å². The zero-order chi connectivity index (χ0) is 23.4. The summed E-state index contributed by atoms with van der Waals surface area (Å²) >= 11 is 1.52. The van der Waals surface area contributed by atoms with Crippen LogP contribution in [0.15, 0.2) is 55.1 Å². The number of carbonyl (C=O) groups excluding carboxylic acids is 1. The lowest BCUT2D eigenvalue weighted by molar-refractivity contribution is -0.119. The summed E-state index contributed by atoms with van der Waals surface area (Å²) < 4.78 is 14.7. The highest BCUT2D eigenvalue weighted by Crippen LogP contribution is 2.29. The number of methoxy groups -OCH3 is 2. The van der Waals surface area contributed by atoms with Crippen LogP contribution in [0, 0.1) is 6.92 Å². The van der Waals surface area contributed by atoms with Crippen LogP contribution in [-0.4, -0.2) is 44.8 Å². The highest BCUT2D eigenvalue weighted by molar-refractivity contribution is 7.99. The van der Waals surface area contributed by atoms with Crippen molar-refractivity contribution in [2.45, 2.75) is 18.7 Å². The first-order valence-corrected chi connectivity index (χ1v) is 11.6. The minimum Gasteiger partial charge on any atom is -0.497 e. The van der Waals surface area contributed by atoms with E-state index in [4.69, 9.17) is 9.47 Å². The molecule has 0 fully saturated rings. The van der Waals surface area contributed by atoms with Crippen LogP contribution in [0.3, 0.4) is 0 Å². The summed E-state index contributed by atoms with van der Waals surface area (Å²) in [6.07, 6.45) is 7.62. The fraction of sp³-hybridized carbons (Fsp3) is 0.292. The molecule has 1 aromatic carbocycles. The second-order valence-corrected chi connectivity index (χ2v) is 8.73. The second kappa shape index (κ2) is 9.99. The Morgan fingerprint density at radius 1 is 1.15 bits per heavy atom. The van der Waals surface area contributed by atoms with Crippen molar-refractivity contribution in [2.75, 3.05) is 20.0 Å². The molecule has 1 unspecified atom stereocenters. The van der Waals surface area contributed by atoms with E-state index < -0.39 is 6.04 Å². The van der Waals surface area contributed by atoms with Gasteiger partial charge in [0, 0.05) is 43.7 Å². The van der Waals surface area contributed by atoms with Crippen molar-refractivity contribution < 1.29 is 14.3 Å². The number of nitrogens with zero attached hydrogens (tertiary/aromatic N) is 4. The Kier molecular flexibility index (Phi) is 6.88. The van der Waals surface area contributed by atoms with Gasteiger partial charge >= 0.3 is 0 Å². The molecule has 4 aromatic rings. The number of nitrogens with one attached hydrogen (secondary N) is 1. The lowest BCUT2D eigenvalue weighted by Crippen LogP contribution is -2.32.